The van der Waals surface area contributed by atoms with E-state index in [0.29, 0.717) is 17.5 Å². The normalized spacial score (nSPS) is 11.5. The van der Waals surface area contributed by atoms with Crippen molar-refractivity contribution in [2.45, 2.75) is 0 Å². The summed E-state index contributed by atoms with van der Waals surface area (Å²) < 4.78 is 2.43. The van der Waals surface area contributed by atoms with Crippen LogP contribution in [0.15, 0.2) is 291 Å². The number of rotatable bonds is 11. The molecule has 74 heavy (non-hydrogen) atoms. The minimum atomic E-state index is -2.92. The predicted molar refractivity (Wildman–Crippen MR) is 310 cm³/mol. The first-order valence-electron chi connectivity index (χ1n) is 25.2. The third kappa shape index (κ3) is 8.02. The Bertz CT molecular complexity index is 3840. The summed E-state index contributed by atoms with van der Waals surface area (Å²) in [4.78, 5) is 15.8. The largest absolute Gasteiger partial charge is 0.309 e. The van der Waals surface area contributed by atoms with Crippen LogP contribution in [0.5, 0.6) is 0 Å². The van der Waals surface area contributed by atoms with Gasteiger partial charge in [0.2, 0.25) is 0 Å². The molecule has 0 fully saturated rings. The highest BCUT2D eigenvalue weighted by Crippen LogP contribution is 2.40. The van der Waals surface area contributed by atoms with Crippen molar-refractivity contribution in [2.24, 2.45) is 0 Å². The van der Waals surface area contributed by atoms with Crippen molar-refractivity contribution in [1.82, 2.24) is 19.5 Å². The smallest absolute Gasteiger partial charge is 0.179 e. The van der Waals surface area contributed by atoms with E-state index in [-0.39, 0.29) is 0 Å². The SMILES string of the molecule is c1ccc(-c2ccc3c(c2)c2cc(-c4ccccc4)ccc2n3-c2ccc(-c3nc(-c4ccccc4)nc(-c4ccccc4)n3)c(-c3cccc([Si](c4ccccc4)(c4ccccc4)c4ccccc4)c3)c2)cc1. The van der Waals surface area contributed by atoms with Crippen LogP contribution in [0.3, 0.4) is 0 Å². The van der Waals surface area contributed by atoms with Crippen molar-refractivity contribution < 1.29 is 0 Å². The molecule has 13 aromatic rings. The lowest BCUT2D eigenvalue weighted by molar-refractivity contribution is 1.07. The van der Waals surface area contributed by atoms with Gasteiger partial charge in [0.1, 0.15) is 0 Å². The maximum absolute atomic E-state index is 5.35. The van der Waals surface area contributed by atoms with E-state index in [2.05, 4.69) is 259 Å². The molecule has 0 amide bonds. The molecule has 0 spiro atoms. The first kappa shape index (κ1) is 44.4. The van der Waals surface area contributed by atoms with E-state index >= 15 is 0 Å². The molecule has 0 bridgehead atoms. The first-order chi connectivity index (χ1) is 36.7. The minimum Gasteiger partial charge on any atom is -0.309 e. The van der Waals surface area contributed by atoms with Crippen LogP contribution in [0, 0.1) is 0 Å². The summed E-state index contributed by atoms with van der Waals surface area (Å²) in [5.74, 6) is 1.84. The molecule has 11 aromatic carbocycles. The number of hydrogen-bond acceptors (Lipinski definition) is 3. The maximum Gasteiger partial charge on any atom is 0.179 e. The standard InChI is InChI=1S/C69H48N4Si/c1-8-23-49(24-9-1)53-39-43-65-63(46-53)64-47-54(50-25-10-2-11-26-50)40-44-66(64)73(65)56-41-42-61(69-71-67(51-27-12-3-13-28-51)70-68(72-69)52-29-14-4-15-30-52)62(48-56)55-31-22-38-60(45-55)74(57-32-16-5-17-33-57,58-34-18-6-19-35-58)59-36-20-7-21-37-59/h1-48H. The van der Waals surface area contributed by atoms with E-state index in [9.17, 15) is 0 Å². The van der Waals surface area contributed by atoms with E-state index in [1.165, 1.54) is 53.8 Å². The Labute approximate surface area is 432 Å². The van der Waals surface area contributed by atoms with Crippen molar-refractivity contribution in [3.05, 3.63) is 291 Å². The van der Waals surface area contributed by atoms with Gasteiger partial charge in [0.15, 0.2) is 25.5 Å². The maximum atomic E-state index is 5.35. The minimum absolute atomic E-state index is 0.601. The molecule has 348 valence electrons. The Morgan fingerprint density at radius 3 is 1.07 bits per heavy atom. The number of benzene rings is 11. The number of fused-ring (bicyclic) bond motifs is 3. The second-order valence-corrected chi connectivity index (χ2v) is 22.5. The third-order valence-corrected chi connectivity index (χ3v) is 19.2. The molecule has 0 aliphatic carbocycles. The molecule has 13 rings (SSSR count). The van der Waals surface area contributed by atoms with Gasteiger partial charge in [0, 0.05) is 33.2 Å². The van der Waals surface area contributed by atoms with Crippen LogP contribution in [0.1, 0.15) is 0 Å². The third-order valence-electron chi connectivity index (χ3n) is 14.4. The van der Waals surface area contributed by atoms with Gasteiger partial charge in [-0.3, -0.25) is 0 Å². The molecule has 4 nitrogen and oxygen atoms in total. The lowest BCUT2D eigenvalue weighted by Crippen LogP contribution is -2.74. The summed E-state index contributed by atoms with van der Waals surface area (Å²) >= 11 is 0. The molecule has 0 aliphatic heterocycles. The van der Waals surface area contributed by atoms with Crippen LogP contribution in [0.4, 0.5) is 0 Å². The molecule has 5 heteroatoms. The van der Waals surface area contributed by atoms with Crippen LogP contribution in [0.25, 0.3) is 95.0 Å². The zero-order valence-corrected chi connectivity index (χ0v) is 41.5. The van der Waals surface area contributed by atoms with Gasteiger partial charge in [-0.05, 0) is 96.6 Å². The molecule has 2 heterocycles. The lowest BCUT2D eigenvalue weighted by Gasteiger charge is -2.34. The van der Waals surface area contributed by atoms with Crippen LogP contribution in [0.2, 0.25) is 0 Å². The number of nitrogens with zero attached hydrogens (tertiary/aromatic N) is 4. The fourth-order valence-electron chi connectivity index (χ4n) is 10.9. The fraction of sp³-hybridized carbons (Fsp3) is 0. The highest BCUT2D eigenvalue weighted by Gasteiger charge is 2.41. The summed E-state index contributed by atoms with van der Waals surface area (Å²) in [5, 5.41) is 7.60. The summed E-state index contributed by atoms with van der Waals surface area (Å²) in [7, 11) is -2.92. The van der Waals surface area contributed by atoms with Crippen molar-refractivity contribution >= 4 is 50.6 Å². The van der Waals surface area contributed by atoms with Crippen LogP contribution in [-0.2, 0) is 0 Å². The van der Waals surface area contributed by atoms with E-state index in [0.717, 1.165) is 44.5 Å². The highest BCUT2D eigenvalue weighted by molar-refractivity contribution is 7.19. The van der Waals surface area contributed by atoms with Crippen molar-refractivity contribution in [3.63, 3.8) is 0 Å². The van der Waals surface area contributed by atoms with Gasteiger partial charge in [0.05, 0.1) is 11.0 Å². The van der Waals surface area contributed by atoms with Crippen LogP contribution >= 0.6 is 0 Å². The number of aromatic nitrogens is 4. The van der Waals surface area contributed by atoms with Gasteiger partial charge in [-0.15, -0.1) is 0 Å². The Kier molecular flexibility index (Phi) is 11.5. The van der Waals surface area contributed by atoms with Gasteiger partial charge < -0.3 is 4.57 Å². The van der Waals surface area contributed by atoms with Gasteiger partial charge in [-0.2, -0.15) is 0 Å². The predicted octanol–water partition coefficient (Wildman–Crippen LogP) is 14.3. The fourth-order valence-corrected chi connectivity index (χ4v) is 15.7. The highest BCUT2D eigenvalue weighted by atomic mass is 28.3. The van der Waals surface area contributed by atoms with E-state index in [4.69, 9.17) is 15.0 Å². The monoisotopic (exact) mass is 960 g/mol. The first-order valence-corrected chi connectivity index (χ1v) is 27.2. The Morgan fingerprint density at radius 2 is 0.622 bits per heavy atom. The second kappa shape index (κ2) is 19.2. The summed E-state index contributed by atoms with van der Waals surface area (Å²) in [6, 6.07) is 105. The molecule has 0 unspecified atom stereocenters. The Morgan fingerprint density at radius 1 is 0.243 bits per heavy atom. The van der Waals surface area contributed by atoms with Crippen LogP contribution < -0.4 is 20.7 Å². The molecular weight excluding hydrogens is 913 g/mol. The molecule has 0 saturated heterocycles. The molecule has 0 atom stereocenters. The van der Waals surface area contributed by atoms with Crippen LogP contribution in [-0.4, -0.2) is 27.6 Å². The molecule has 0 N–H and O–H groups in total. The van der Waals surface area contributed by atoms with E-state index in [1.807, 2.05) is 36.4 Å². The molecule has 0 saturated carbocycles. The summed E-state index contributed by atoms with van der Waals surface area (Å²) in [5.41, 5.74) is 12.8. The van der Waals surface area contributed by atoms with Gasteiger partial charge in [0.25, 0.3) is 0 Å². The summed E-state index contributed by atoms with van der Waals surface area (Å²) in [6.07, 6.45) is 0. The van der Waals surface area contributed by atoms with E-state index < -0.39 is 8.07 Å². The van der Waals surface area contributed by atoms with Gasteiger partial charge >= 0.3 is 0 Å². The quantitative estimate of drug-likeness (QED) is 0.0958. The zero-order valence-electron chi connectivity index (χ0n) is 40.5. The molecule has 0 radical (unpaired) electrons. The molecule has 0 aliphatic rings. The zero-order chi connectivity index (χ0) is 49.3. The van der Waals surface area contributed by atoms with Gasteiger partial charge in [-0.1, -0.05) is 249 Å². The number of hydrogen-bond donors (Lipinski definition) is 0. The lowest BCUT2D eigenvalue weighted by atomic mass is 9.98. The summed E-state index contributed by atoms with van der Waals surface area (Å²) in [6.45, 7) is 0. The Hall–Kier alpha value is -9.55. The van der Waals surface area contributed by atoms with E-state index in [1.54, 1.807) is 0 Å². The average Bonchev–Trinajstić information content (AvgIpc) is 3.82. The topological polar surface area (TPSA) is 43.6 Å². The Balaban J connectivity index is 1.09. The second-order valence-electron chi connectivity index (χ2n) is 18.7. The van der Waals surface area contributed by atoms with Crippen molar-refractivity contribution in [1.29, 1.82) is 0 Å². The molecular formula is C69H48N4Si. The van der Waals surface area contributed by atoms with Crippen molar-refractivity contribution in [3.8, 4) is 73.2 Å². The molecule has 2 aromatic heterocycles. The van der Waals surface area contributed by atoms with Gasteiger partial charge in [-0.25, -0.2) is 15.0 Å². The van der Waals surface area contributed by atoms with Crippen molar-refractivity contribution in [2.75, 3.05) is 0 Å². The average molecular weight is 961 g/mol.